The molecule has 0 bridgehead atoms. The average Bonchev–Trinajstić information content (AvgIpc) is 2.93. The van der Waals surface area contributed by atoms with Crippen molar-refractivity contribution < 1.29 is 0 Å². The van der Waals surface area contributed by atoms with E-state index < -0.39 is 0 Å². The van der Waals surface area contributed by atoms with Crippen molar-refractivity contribution in [1.29, 1.82) is 0 Å². The van der Waals surface area contributed by atoms with E-state index in [1.807, 2.05) is 29.4 Å². The molecule has 5 heteroatoms. The lowest BCUT2D eigenvalue weighted by Gasteiger charge is -2.11. The fraction of sp³-hybridized carbons (Fsp3) is 0.286. The zero-order chi connectivity index (χ0) is 13.1. The maximum atomic E-state index is 4.66. The SMILES string of the molecule is CCn1cc(-c2ccncn2)c(C2C=NC=CC2)n1. The molecule has 0 saturated carbocycles. The van der Waals surface area contributed by atoms with Gasteiger partial charge in [-0.05, 0) is 19.4 Å². The van der Waals surface area contributed by atoms with Crippen LogP contribution in [0.2, 0.25) is 0 Å². The van der Waals surface area contributed by atoms with E-state index in [1.54, 1.807) is 12.5 Å². The van der Waals surface area contributed by atoms with Gasteiger partial charge in [-0.3, -0.25) is 9.67 Å². The molecule has 0 N–H and O–H groups in total. The van der Waals surface area contributed by atoms with Crippen LogP contribution in [0.15, 0.2) is 42.1 Å². The fourth-order valence-corrected chi connectivity index (χ4v) is 2.18. The summed E-state index contributed by atoms with van der Waals surface area (Å²) in [7, 11) is 0. The molecule has 2 aromatic rings. The third kappa shape index (κ3) is 2.31. The van der Waals surface area contributed by atoms with Gasteiger partial charge in [0, 0.05) is 42.8 Å². The Hall–Kier alpha value is -2.30. The third-order valence-electron chi connectivity index (χ3n) is 3.17. The highest BCUT2D eigenvalue weighted by Gasteiger charge is 2.19. The second-order valence-corrected chi connectivity index (χ2v) is 4.40. The molecule has 1 unspecified atom stereocenters. The Kier molecular flexibility index (Phi) is 3.18. The molecule has 96 valence electrons. The van der Waals surface area contributed by atoms with Gasteiger partial charge in [0.15, 0.2) is 0 Å². The predicted octanol–water partition coefficient (Wildman–Crippen LogP) is 2.43. The van der Waals surface area contributed by atoms with Crippen LogP contribution in [-0.2, 0) is 6.54 Å². The zero-order valence-electron chi connectivity index (χ0n) is 10.8. The number of rotatable bonds is 3. The Balaban J connectivity index is 2.05. The van der Waals surface area contributed by atoms with Crippen molar-refractivity contribution in [2.45, 2.75) is 25.8 Å². The van der Waals surface area contributed by atoms with Crippen LogP contribution < -0.4 is 0 Å². The summed E-state index contributed by atoms with van der Waals surface area (Å²) in [6.07, 6.45) is 12.2. The molecule has 0 fully saturated rings. The lowest BCUT2D eigenvalue weighted by molar-refractivity contribution is 0.641. The topological polar surface area (TPSA) is 56.0 Å². The first kappa shape index (κ1) is 11.8. The minimum Gasteiger partial charge on any atom is -0.272 e. The smallest absolute Gasteiger partial charge is 0.116 e. The van der Waals surface area contributed by atoms with E-state index in [1.165, 1.54) is 0 Å². The number of hydrogen-bond donors (Lipinski definition) is 0. The van der Waals surface area contributed by atoms with Gasteiger partial charge >= 0.3 is 0 Å². The Labute approximate surface area is 111 Å². The van der Waals surface area contributed by atoms with E-state index in [2.05, 4.69) is 33.1 Å². The molecule has 0 aromatic carbocycles. The Morgan fingerprint density at radius 3 is 3.05 bits per heavy atom. The summed E-state index contributed by atoms with van der Waals surface area (Å²) in [5, 5.41) is 4.66. The van der Waals surface area contributed by atoms with Crippen molar-refractivity contribution in [3.05, 3.63) is 42.8 Å². The molecule has 0 aliphatic carbocycles. The molecule has 0 amide bonds. The molecule has 0 spiro atoms. The highest BCUT2D eigenvalue weighted by molar-refractivity contribution is 5.74. The summed E-state index contributed by atoms with van der Waals surface area (Å²) in [4.78, 5) is 12.5. The van der Waals surface area contributed by atoms with E-state index in [9.17, 15) is 0 Å². The number of allylic oxidation sites excluding steroid dienone is 1. The first-order valence-electron chi connectivity index (χ1n) is 6.40. The summed E-state index contributed by atoms with van der Waals surface area (Å²) in [6, 6.07) is 1.91. The van der Waals surface area contributed by atoms with Crippen LogP contribution in [0.3, 0.4) is 0 Å². The van der Waals surface area contributed by atoms with Crippen LogP contribution in [-0.4, -0.2) is 26.0 Å². The van der Waals surface area contributed by atoms with Crippen LogP contribution in [0.1, 0.15) is 25.0 Å². The van der Waals surface area contributed by atoms with Crippen LogP contribution in [0.5, 0.6) is 0 Å². The fourth-order valence-electron chi connectivity index (χ4n) is 2.18. The summed E-state index contributed by atoms with van der Waals surface area (Å²) in [5.74, 6) is 0.225. The second-order valence-electron chi connectivity index (χ2n) is 4.40. The van der Waals surface area contributed by atoms with Gasteiger partial charge in [-0.15, -0.1) is 0 Å². The molecule has 3 heterocycles. The van der Waals surface area contributed by atoms with E-state index in [4.69, 9.17) is 0 Å². The highest BCUT2D eigenvalue weighted by atomic mass is 15.3. The Morgan fingerprint density at radius 1 is 1.42 bits per heavy atom. The predicted molar refractivity (Wildman–Crippen MR) is 73.9 cm³/mol. The number of aromatic nitrogens is 4. The number of aryl methyl sites for hydroxylation is 1. The first-order valence-corrected chi connectivity index (χ1v) is 6.40. The van der Waals surface area contributed by atoms with Gasteiger partial charge in [0.1, 0.15) is 6.33 Å². The molecule has 5 nitrogen and oxygen atoms in total. The van der Waals surface area contributed by atoms with Crippen LogP contribution in [0.25, 0.3) is 11.3 Å². The molecule has 1 aliphatic rings. The summed E-state index contributed by atoms with van der Waals surface area (Å²) in [6.45, 7) is 2.92. The van der Waals surface area contributed by atoms with Crippen molar-refractivity contribution in [3.8, 4) is 11.3 Å². The Morgan fingerprint density at radius 2 is 2.37 bits per heavy atom. The molecular formula is C14H15N5. The highest BCUT2D eigenvalue weighted by Crippen LogP contribution is 2.29. The van der Waals surface area contributed by atoms with Gasteiger partial charge in [-0.1, -0.05) is 6.08 Å². The molecule has 19 heavy (non-hydrogen) atoms. The monoisotopic (exact) mass is 253 g/mol. The van der Waals surface area contributed by atoms with Gasteiger partial charge in [-0.25, -0.2) is 9.97 Å². The summed E-state index contributed by atoms with van der Waals surface area (Å²) < 4.78 is 1.94. The van der Waals surface area contributed by atoms with Crippen molar-refractivity contribution in [3.63, 3.8) is 0 Å². The zero-order valence-corrected chi connectivity index (χ0v) is 10.8. The number of hydrogen-bond acceptors (Lipinski definition) is 4. The second kappa shape index (κ2) is 5.14. The minimum absolute atomic E-state index is 0.225. The molecule has 0 radical (unpaired) electrons. The lowest BCUT2D eigenvalue weighted by Crippen LogP contribution is -2.05. The van der Waals surface area contributed by atoms with Gasteiger partial charge in [0.25, 0.3) is 0 Å². The molecule has 1 atom stereocenters. The molecule has 1 aliphatic heterocycles. The van der Waals surface area contributed by atoms with Gasteiger partial charge < -0.3 is 0 Å². The quantitative estimate of drug-likeness (QED) is 0.844. The summed E-state index contributed by atoms with van der Waals surface area (Å²) in [5.41, 5.74) is 3.01. The van der Waals surface area contributed by atoms with Crippen LogP contribution in [0, 0.1) is 0 Å². The first-order chi connectivity index (χ1) is 9.38. The van der Waals surface area contributed by atoms with Gasteiger partial charge in [0.05, 0.1) is 11.4 Å². The normalized spacial score (nSPS) is 17.8. The summed E-state index contributed by atoms with van der Waals surface area (Å²) >= 11 is 0. The maximum absolute atomic E-state index is 4.66. The van der Waals surface area contributed by atoms with E-state index >= 15 is 0 Å². The van der Waals surface area contributed by atoms with E-state index in [-0.39, 0.29) is 5.92 Å². The maximum Gasteiger partial charge on any atom is 0.116 e. The van der Waals surface area contributed by atoms with Crippen molar-refractivity contribution >= 4 is 6.21 Å². The van der Waals surface area contributed by atoms with Crippen molar-refractivity contribution in [2.24, 2.45) is 4.99 Å². The molecule has 2 aromatic heterocycles. The van der Waals surface area contributed by atoms with Crippen LogP contribution in [0.4, 0.5) is 0 Å². The number of aliphatic imine (C=N–C) groups is 1. The van der Waals surface area contributed by atoms with Crippen molar-refractivity contribution in [2.75, 3.05) is 0 Å². The van der Waals surface area contributed by atoms with Crippen LogP contribution >= 0.6 is 0 Å². The minimum atomic E-state index is 0.225. The van der Waals surface area contributed by atoms with E-state index in [0.717, 1.165) is 29.9 Å². The van der Waals surface area contributed by atoms with E-state index in [0.29, 0.717) is 0 Å². The average molecular weight is 253 g/mol. The standard InChI is InChI=1S/C14H15N5/c1-2-19-9-12(13-5-7-16-10-17-13)14(18-19)11-4-3-6-15-8-11/h3,5-11H,2,4H2,1H3. The molecular weight excluding hydrogens is 238 g/mol. The van der Waals surface area contributed by atoms with Gasteiger partial charge in [0.2, 0.25) is 0 Å². The molecule has 0 saturated heterocycles. The Bertz CT molecular complexity index is 612. The number of nitrogens with zero attached hydrogens (tertiary/aromatic N) is 5. The lowest BCUT2D eigenvalue weighted by atomic mass is 9.97. The third-order valence-corrected chi connectivity index (χ3v) is 3.17. The van der Waals surface area contributed by atoms with Crippen molar-refractivity contribution in [1.82, 2.24) is 19.7 Å². The molecule has 3 rings (SSSR count). The largest absolute Gasteiger partial charge is 0.272 e. The van der Waals surface area contributed by atoms with Gasteiger partial charge in [-0.2, -0.15) is 5.10 Å².